The molecule has 0 saturated carbocycles. The summed E-state index contributed by atoms with van der Waals surface area (Å²) in [4.78, 5) is 7.05. The van der Waals surface area contributed by atoms with Gasteiger partial charge in [-0.3, -0.25) is 14.6 Å². The summed E-state index contributed by atoms with van der Waals surface area (Å²) < 4.78 is 1.96. The van der Waals surface area contributed by atoms with Crippen LogP contribution in [0.4, 0.5) is 0 Å². The van der Waals surface area contributed by atoms with Crippen molar-refractivity contribution >= 4 is 0 Å². The molecule has 0 radical (unpaired) electrons. The van der Waals surface area contributed by atoms with E-state index in [1.165, 1.54) is 24.1 Å². The lowest BCUT2D eigenvalue weighted by atomic mass is 10.1. The van der Waals surface area contributed by atoms with Crippen molar-refractivity contribution in [3.8, 4) is 0 Å². The van der Waals surface area contributed by atoms with Gasteiger partial charge in [-0.2, -0.15) is 5.10 Å². The van der Waals surface area contributed by atoms with Gasteiger partial charge in [-0.25, -0.2) is 0 Å². The highest BCUT2D eigenvalue weighted by atomic mass is 15.3. The molecule has 2 aromatic rings. The molecule has 110 valence electrons. The lowest BCUT2D eigenvalue weighted by molar-refractivity contribution is 0.244. The highest BCUT2D eigenvalue weighted by Crippen LogP contribution is 2.32. The number of hydrogen-bond donors (Lipinski definition) is 0. The van der Waals surface area contributed by atoms with Gasteiger partial charge in [-0.1, -0.05) is 12.1 Å². The standard InChI is InChI=1S/C17H22N4/c1-3-10-21-13-15(14(2)19-21)12-20-11-6-8-17(20)16-7-4-5-9-18-16/h3-5,7,9,13,17H,1,6,8,10-12H2,2H3/t17-/m0/s1. The van der Waals surface area contributed by atoms with Crippen LogP contribution in [0, 0.1) is 6.92 Å². The smallest absolute Gasteiger partial charge is 0.0638 e. The van der Waals surface area contributed by atoms with Crippen molar-refractivity contribution in [3.05, 3.63) is 60.2 Å². The highest BCUT2D eigenvalue weighted by molar-refractivity contribution is 5.17. The summed E-state index contributed by atoms with van der Waals surface area (Å²) in [7, 11) is 0. The minimum Gasteiger partial charge on any atom is -0.290 e. The Bertz CT molecular complexity index is 603. The van der Waals surface area contributed by atoms with E-state index in [4.69, 9.17) is 0 Å². The minimum atomic E-state index is 0.438. The van der Waals surface area contributed by atoms with Crippen LogP contribution in [-0.4, -0.2) is 26.2 Å². The number of pyridine rings is 1. The molecule has 0 aliphatic carbocycles. The van der Waals surface area contributed by atoms with Gasteiger partial charge < -0.3 is 0 Å². The lowest BCUT2D eigenvalue weighted by Crippen LogP contribution is -2.23. The molecule has 0 aromatic carbocycles. The molecular weight excluding hydrogens is 260 g/mol. The van der Waals surface area contributed by atoms with Crippen LogP contribution in [-0.2, 0) is 13.1 Å². The average Bonchev–Trinajstić information content (AvgIpc) is 3.08. The van der Waals surface area contributed by atoms with E-state index in [-0.39, 0.29) is 0 Å². The van der Waals surface area contributed by atoms with Gasteiger partial charge in [0.25, 0.3) is 0 Å². The topological polar surface area (TPSA) is 34.0 Å². The van der Waals surface area contributed by atoms with E-state index in [1.807, 2.05) is 23.0 Å². The van der Waals surface area contributed by atoms with Crippen LogP contribution < -0.4 is 0 Å². The fraction of sp³-hybridized carbons (Fsp3) is 0.412. The summed E-state index contributed by atoms with van der Waals surface area (Å²) in [6, 6.07) is 6.63. The predicted octanol–water partition coefficient (Wildman–Crippen LogP) is 3.11. The van der Waals surface area contributed by atoms with Crippen LogP contribution in [0.3, 0.4) is 0 Å². The van der Waals surface area contributed by atoms with Gasteiger partial charge in [-0.15, -0.1) is 6.58 Å². The Labute approximate surface area is 126 Å². The van der Waals surface area contributed by atoms with Gasteiger partial charge in [0.15, 0.2) is 0 Å². The van der Waals surface area contributed by atoms with Crippen LogP contribution >= 0.6 is 0 Å². The summed E-state index contributed by atoms with van der Waals surface area (Å²) in [6.07, 6.45) is 8.34. The second-order valence-electron chi connectivity index (χ2n) is 5.63. The van der Waals surface area contributed by atoms with Crippen LogP contribution in [0.15, 0.2) is 43.2 Å². The lowest BCUT2D eigenvalue weighted by Gasteiger charge is -2.23. The molecule has 1 aliphatic heterocycles. The molecule has 0 unspecified atom stereocenters. The minimum absolute atomic E-state index is 0.438. The quantitative estimate of drug-likeness (QED) is 0.790. The summed E-state index contributed by atoms with van der Waals surface area (Å²) in [5.74, 6) is 0. The molecule has 1 atom stereocenters. The van der Waals surface area contributed by atoms with E-state index in [1.54, 1.807) is 0 Å². The number of likely N-dealkylation sites (tertiary alicyclic amines) is 1. The maximum Gasteiger partial charge on any atom is 0.0638 e. The SMILES string of the molecule is C=CCn1cc(CN2CCC[C@H]2c2ccccn2)c(C)n1. The van der Waals surface area contributed by atoms with Gasteiger partial charge in [0, 0.05) is 24.5 Å². The van der Waals surface area contributed by atoms with Crippen LogP contribution in [0.5, 0.6) is 0 Å². The molecule has 0 N–H and O–H groups in total. The second kappa shape index (κ2) is 6.22. The van der Waals surface area contributed by atoms with Crippen LogP contribution in [0.2, 0.25) is 0 Å². The van der Waals surface area contributed by atoms with Crippen molar-refractivity contribution < 1.29 is 0 Å². The van der Waals surface area contributed by atoms with Crippen molar-refractivity contribution in [2.75, 3.05) is 6.54 Å². The maximum atomic E-state index is 4.54. The van der Waals surface area contributed by atoms with Gasteiger partial charge in [0.2, 0.25) is 0 Å². The van der Waals surface area contributed by atoms with E-state index in [2.05, 4.69) is 46.8 Å². The summed E-state index contributed by atoms with van der Waals surface area (Å²) >= 11 is 0. The molecule has 0 spiro atoms. The van der Waals surface area contributed by atoms with E-state index in [0.717, 1.165) is 25.3 Å². The zero-order valence-electron chi connectivity index (χ0n) is 12.6. The average molecular weight is 282 g/mol. The third kappa shape index (κ3) is 3.05. The van der Waals surface area contributed by atoms with E-state index < -0.39 is 0 Å². The highest BCUT2D eigenvalue weighted by Gasteiger charge is 2.27. The van der Waals surface area contributed by atoms with Gasteiger partial charge >= 0.3 is 0 Å². The number of aryl methyl sites for hydroxylation is 1. The molecule has 2 aromatic heterocycles. The summed E-state index contributed by atoms with van der Waals surface area (Å²) in [6.45, 7) is 8.70. The Hall–Kier alpha value is -1.94. The zero-order valence-corrected chi connectivity index (χ0v) is 12.6. The number of rotatable bonds is 5. The van der Waals surface area contributed by atoms with Gasteiger partial charge in [0.1, 0.15) is 0 Å². The number of allylic oxidation sites excluding steroid dienone is 1. The fourth-order valence-corrected chi connectivity index (χ4v) is 3.08. The molecule has 3 heterocycles. The van der Waals surface area contributed by atoms with E-state index in [9.17, 15) is 0 Å². The molecular formula is C17H22N4. The zero-order chi connectivity index (χ0) is 14.7. The summed E-state index contributed by atoms with van der Waals surface area (Å²) in [5.41, 5.74) is 3.61. The van der Waals surface area contributed by atoms with E-state index in [0.29, 0.717) is 6.04 Å². The Morgan fingerprint density at radius 3 is 3.10 bits per heavy atom. The molecule has 1 aliphatic rings. The van der Waals surface area contributed by atoms with Crippen molar-refractivity contribution in [2.45, 2.75) is 38.9 Å². The first-order chi connectivity index (χ1) is 10.3. The van der Waals surface area contributed by atoms with E-state index >= 15 is 0 Å². The molecule has 4 nitrogen and oxygen atoms in total. The largest absolute Gasteiger partial charge is 0.290 e. The first-order valence-corrected chi connectivity index (χ1v) is 7.56. The molecule has 1 fully saturated rings. The van der Waals surface area contributed by atoms with Crippen molar-refractivity contribution in [1.82, 2.24) is 19.7 Å². The Morgan fingerprint density at radius 2 is 2.33 bits per heavy atom. The Kier molecular flexibility index (Phi) is 4.15. The maximum absolute atomic E-state index is 4.54. The van der Waals surface area contributed by atoms with Crippen LogP contribution in [0.1, 0.15) is 35.8 Å². The normalized spacial score (nSPS) is 19.0. The predicted molar refractivity (Wildman–Crippen MR) is 83.8 cm³/mol. The first kappa shape index (κ1) is 14.0. The monoisotopic (exact) mass is 282 g/mol. The third-order valence-electron chi connectivity index (χ3n) is 4.13. The molecule has 0 amide bonds. The summed E-state index contributed by atoms with van der Waals surface area (Å²) in [5, 5.41) is 4.54. The number of aromatic nitrogens is 3. The molecule has 3 rings (SSSR count). The van der Waals surface area contributed by atoms with Gasteiger partial charge in [0.05, 0.1) is 24.0 Å². The molecule has 0 bridgehead atoms. The first-order valence-electron chi connectivity index (χ1n) is 7.56. The third-order valence-corrected chi connectivity index (χ3v) is 4.13. The van der Waals surface area contributed by atoms with Crippen molar-refractivity contribution in [2.24, 2.45) is 0 Å². The van der Waals surface area contributed by atoms with Crippen LogP contribution in [0.25, 0.3) is 0 Å². The molecule has 21 heavy (non-hydrogen) atoms. The fourth-order valence-electron chi connectivity index (χ4n) is 3.08. The number of nitrogens with zero attached hydrogens (tertiary/aromatic N) is 4. The molecule has 4 heteroatoms. The second-order valence-corrected chi connectivity index (χ2v) is 5.63. The van der Waals surface area contributed by atoms with Gasteiger partial charge in [-0.05, 0) is 38.4 Å². The van der Waals surface area contributed by atoms with Crippen molar-refractivity contribution in [3.63, 3.8) is 0 Å². The number of hydrogen-bond acceptors (Lipinski definition) is 3. The Balaban J connectivity index is 1.76. The van der Waals surface area contributed by atoms with Crippen molar-refractivity contribution in [1.29, 1.82) is 0 Å². The molecule has 1 saturated heterocycles. The Morgan fingerprint density at radius 1 is 1.43 bits per heavy atom.